The average Bonchev–Trinajstić information content (AvgIpc) is 2.83. The van der Waals surface area contributed by atoms with Crippen molar-refractivity contribution >= 4 is 0 Å². The molecule has 33 heavy (non-hydrogen) atoms. The van der Waals surface area contributed by atoms with E-state index in [0.717, 1.165) is 5.56 Å². The number of rotatable bonds is 6. The number of phenolic OH excluding ortho intramolecular Hbond substituents is 2. The molecule has 0 saturated carbocycles. The van der Waals surface area contributed by atoms with Crippen molar-refractivity contribution in [2.45, 2.75) is 6.92 Å². The molecule has 8 nitrogen and oxygen atoms in total. The SMILES string of the molecule is COc1ccc(-c2nc(-c3ccc(OC)cc3O)nc(-c3ccc(C)cc3OC)n2)c(O)c1. The molecule has 4 rings (SSSR count). The molecule has 0 atom stereocenters. The van der Waals surface area contributed by atoms with Gasteiger partial charge < -0.3 is 24.4 Å². The molecule has 0 amide bonds. The summed E-state index contributed by atoms with van der Waals surface area (Å²) in [5, 5.41) is 21.2. The Morgan fingerprint density at radius 1 is 0.576 bits per heavy atom. The topological polar surface area (TPSA) is 107 Å². The van der Waals surface area contributed by atoms with Crippen molar-refractivity contribution in [3.05, 3.63) is 60.2 Å². The van der Waals surface area contributed by atoms with Crippen molar-refractivity contribution < 1.29 is 24.4 Å². The Hall–Kier alpha value is -4.33. The van der Waals surface area contributed by atoms with E-state index in [-0.39, 0.29) is 23.1 Å². The van der Waals surface area contributed by atoms with Crippen LogP contribution in [-0.4, -0.2) is 46.5 Å². The second-order valence-corrected chi connectivity index (χ2v) is 7.28. The summed E-state index contributed by atoms with van der Waals surface area (Å²) in [7, 11) is 4.61. The maximum atomic E-state index is 10.6. The van der Waals surface area contributed by atoms with Crippen LogP contribution in [-0.2, 0) is 0 Å². The van der Waals surface area contributed by atoms with Crippen LogP contribution >= 0.6 is 0 Å². The van der Waals surface area contributed by atoms with Crippen molar-refractivity contribution in [2.75, 3.05) is 21.3 Å². The second kappa shape index (κ2) is 9.04. The van der Waals surface area contributed by atoms with Crippen LogP contribution in [0.1, 0.15) is 5.56 Å². The molecule has 0 fully saturated rings. The average molecular weight is 445 g/mol. The van der Waals surface area contributed by atoms with Crippen molar-refractivity contribution in [1.82, 2.24) is 15.0 Å². The monoisotopic (exact) mass is 445 g/mol. The third-order valence-corrected chi connectivity index (χ3v) is 5.12. The number of aryl methyl sites for hydroxylation is 1. The number of aromatic nitrogens is 3. The van der Waals surface area contributed by atoms with E-state index in [2.05, 4.69) is 15.0 Å². The summed E-state index contributed by atoms with van der Waals surface area (Å²) in [6.45, 7) is 1.96. The van der Waals surface area contributed by atoms with E-state index in [0.29, 0.717) is 39.8 Å². The predicted octanol–water partition coefficient (Wildman–Crippen LogP) is 4.62. The first-order valence-corrected chi connectivity index (χ1v) is 10.1. The molecule has 0 radical (unpaired) electrons. The van der Waals surface area contributed by atoms with Crippen LogP contribution in [0.2, 0.25) is 0 Å². The predicted molar refractivity (Wildman–Crippen MR) is 124 cm³/mol. The summed E-state index contributed by atoms with van der Waals surface area (Å²) in [5.74, 6) is 2.28. The molecule has 0 saturated heterocycles. The summed E-state index contributed by atoms with van der Waals surface area (Å²) in [5.41, 5.74) is 2.44. The van der Waals surface area contributed by atoms with Gasteiger partial charge in [-0.05, 0) is 48.9 Å². The van der Waals surface area contributed by atoms with Crippen LogP contribution in [0.5, 0.6) is 28.7 Å². The van der Waals surface area contributed by atoms with Gasteiger partial charge in [0, 0.05) is 12.1 Å². The minimum Gasteiger partial charge on any atom is -0.507 e. The number of methoxy groups -OCH3 is 3. The molecule has 1 aromatic heterocycles. The lowest BCUT2D eigenvalue weighted by molar-refractivity contribution is 0.408. The summed E-state index contributed by atoms with van der Waals surface area (Å²) in [6.07, 6.45) is 0. The molecule has 1 heterocycles. The van der Waals surface area contributed by atoms with Gasteiger partial charge in [-0.3, -0.25) is 0 Å². The van der Waals surface area contributed by atoms with Gasteiger partial charge in [0.1, 0.15) is 28.7 Å². The van der Waals surface area contributed by atoms with Crippen molar-refractivity contribution in [3.63, 3.8) is 0 Å². The maximum absolute atomic E-state index is 10.6. The molecule has 168 valence electrons. The van der Waals surface area contributed by atoms with Crippen LogP contribution in [0.15, 0.2) is 54.6 Å². The highest BCUT2D eigenvalue weighted by atomic mass is 16.5. The summed E-state index contributed by atoms with van der Waals surface area (Å²) >= 11 is 0. The lowest BCUT2D eigenvalue weighted by Crippen LogP contribution is -2.02. The zero-order valence-corrected chi connectivity index (χ0v) is 18.7. The quantitative estimate of drug-likeness (QED) is 0.443. The normalized spacial score (nSPS) is 10.7. The largest absolute Gasteiger partial charge is 0.507 e. The van der Waals surface area contributed by atoms with Gasteiger partial charge in [0.25, 0.3) is 0 Å². The van der Waals surface area contributed by atoms with Gasteiger partial charge in [-0.15, -0.1) is 0 Å². The van der Waals surface area contributed by atoms with Crippen LogP contribution in [0, 0.1) is 6.92 Å². The Labute approximate surface area is 191 Å². The molecular formula is C25H23N3O5. The lowest BCUT2D eigenvalue weighted by Gasteiger charge is -2.13. The Morgan fingerprint density at radius 2 is 1.03 bits per heavy atom. The van der Waals surface area contributed by atoms with Crippen molar-refractivity contribution in [2.24, 2.45) is 0 Å². The number of ether oxygens (including phenoxy) is 3. The molecule has 2 N–H and O–H groups in total. The van der Waals surface area contributed by atoms with E-state index in [4.69, 9.17) is 14.2 Å². The van der Waals surface area contributed by atoms with E-state index in [1.807, 2.05) is 25.1 Å². The molecule has 3 aromatic carbocycles. The van der Waals surface area contributed by atoms with E-state index < -0.39 is 0 Å². The number of benzene rings is 3. The fourth-order valence-corrected chi connectivity index (χ4v) is 3.38. The zero-order valence-electron chi connectivity index (χ0n) is 18.7. The Morgan fingerprint density at radius 3 is 1.45 bits per heavy atom. The third kappa shape index (κ3) is 4.36. The van der Waals surface area contributed by atoms with Gasteiger partial charge in [0.15, 0.2) is 17.5 Å². The highest BCUT2D eigenvalue weighted by molar-refractivity contribution is 5.74. The van der Waals surface area contributed by atoms with Crippen molar-refractivity contribution in [1.29, 1.82) is 0 Å². The molecule has 0 bridgehead atoms. The van der Waals surface area contributed by atoms with Crippen molar-refractivity contribution in [3.8, 4) is 62.9 Å². The fraction of sp³-hybridized carbons (Fsp3) is 0.160. The number of aromatic hydroxyl groups is 2. The summed E-state index contributed by atoms with van der Waals surface area (Å²) in [4.78, 5) is 13.8. The molecule has 0 aliphatic carbocycles. The molecule has 0 aliphatic rings. The van der Waals surface area contributed by atoms with Gasteiger partial charge in [0.2, 0.25) is 0 Å². The highest BCUT2D eigenvalue weighted by Gasteiger charge is 2.19. The van der Waals surface area contributed by atoms with E-state index in [1.165, 1.54) is 26.4 Å². The molecule has 4 aromatic rings. The van der Waals surface area contributed by atoms with Crippen LogP contribution < -0.4 is 14.2 Å². The Balaban J connectivity index is 1.96. The maximum Gasteiger partial charge on any atom is 0.167 e. The first-order chi connectivity index (χ1) is 15.9. The fourth-order valence-electron chi connectivity index (χ4n) is 3.38. The van der Waals surface area contributed by atoms with Gasteiger partial charge in [0.05, 0.1) is 38.0 Å². The molecule has 8 heteroatoms. The van der Waals surface area contributed by atoms with Gasteiger partial charge in [-0.1, -0.05) is 6.07 Å². The van der Waals surface area contributed by atoms with Crippen LogP contribution in [0.3, 0.4) is 0 Å². The van der Waals surface area contributed by atoms with Gasteiger partial charge in [-0.2, -0.15) is 0 Å². The Kier molecular flexibility index (Phi) is 5.99. The van der Waals surface area contributed by atoms with Gasteiger partial charge >= 0.3 is 0 Å². The van der Waals surface area contributed by atoms with E-state index in [9.17, 15) is 10.2 Å². The number of hydrogen-bond donors (Lipinski definition) is 2. The van der Waals surface area contributed by atoms with Gasteiger partial charge in [-0.25, -0.2) is 15.0 Å². The second-order valence-electron chi connectivity index (χ2n) is 7.28. The minimum atomic E-state index is -0.0488. The minimum absolute atomic E-state index is 0.0488. The van der Waals surface area contributed by atoms with E-state index in [1.54, 1.807) is 31.4 Å². The van der Waals surface area contributed by atoms with Crippen LogP contribution in [0.25, 0.3) is 34.2 Å². The highest BCUT2D eigenvalue weighted by Crippen LogP contribution is 2.37. The summed E-state index contributed by atoms with van der Waals surface area (Å²) < 4.78 is 15.9. The first-order valence-electron chi connectivity index (χ1n) is 10.1. The smallest absolute Gasteiger partial charge is 0.167 e. The third-order valence-electron chi connectivity index (χ3n) is 5.12. The number of nitrogens with zero attached hydrogens (tertiary/aromatic N) is 3. The Bertz CT molecular complexity index is 1250. The molecule has 0 spiro atoms. The van der Waals surface area contributed by atoms with Crippen LogP contribution in [0.4, 0.5) is 0 Å². The summed E-state index contributed by atoms with van der Waals surface area (Å²) in [6, 6.07) is 15.4. The standard InChI is InChI=1S/C25H23N3O5/c1-14-5-8-19(22(11-14)33-4)25-27-23(17-9-6-15(31-2)12-20(17)29)26-24(28-25)18-10-7-16(32-3)13-21(18)30/h5-13,29-30H,1-4H3. The molecular weight excluding hydrogens is 422 g/mol. The number of phenols is 2. The molecule has 0 unspecified atom stereocenters. The lowest BCUT2D eigenvalue weighted by atomic mass is 10.1. The molecule has 0 aliphatic heterocycles. The number of hydrogen-bond acceptors (Lipinski definition) is 8. The zero-order chi connectivity index (χ0) is 23.5. The van der Waals surface area contributed by atoms with E-state index >= 15 is 0 Å². The first kappa shape index (κ1) is 21.9.